The van der Waals surface area contributed by atoms with Crippen LogP contribution in [0.2, 0.25) is 0 Å². The summed E-state index contributed by atoms with van der Waals surface area (Å²) in [5, 5.41) is 16.5. The number of hydrogen-bond acceptors (Lipinski definition) is 3. The van der Waals surface area contributed by atoms with Gasteiger partial charge >= 0.3 is 0 Å². The third kappa shape index (κ3) is 4.92. The first-order valence-electron chi connectivity index (χ1n) is 3.23. The molecule has 11 heavy (non-hydrogen) atoms. The van der Waals surface area contributed by atoms with Crippen molar-refractivity contribution in [2.45, 2.75) is 19.3 Å². The van der Waals surface area contributed by atoms with Crippen LogP contribution < -0.4 is 5.73 Å². The van der Waals surface area contributed by atoms with Crippen molar-refractivity contribution in [3.8, 4) is 12.1 Å². The zero-order valence-electron chi connectivity index (χ0n) is 6.08. The molecule has 0 heterocycles. The van der Waals surface area contributed by atoms with Crippen molar-refractivity contribution < 1.29 is 4.79 Å². The second-order valence-corrected chi connectivity index (χ2v) is 2.26. The van der Waals surface area contributed by atoms with Crippen LogP contribution in [0.25, 0.3) is 0 Å². The van der Waals surface area contributed by atoms with E-state index >= 15 is 0 Å². The summed E-state index contributed by atoms with van der Waals surface area (Å²) in [7, 11) is 0. The Morgan fingerprint density at radius 3 is 2.09 bits per heavy atom. The minimum atomic E-state index is -0.458. The minimum Gasteiger partial charge on any atom is -0.370 e. The highest BCUT2D eigenvalue weighted by Crippen LogP contribution is 2.10. The van der Waals surface area contributed by atoms with Crippen LogP contribution in [0, 0.1) is 28.6 Å². The van der Waals surface area contributed by atoms with Gasteiger partial charge in [0.25, 0.3) is 0 Å². The summed E-state index contributed by atoms with van der Waals surface area (Å²) in [6, 6.07) is 3.80. The smallest absolute Gasteiger partial charge is 0.217 e. The maximum Gasteiger partial charge on any atom is 0.217 e. The Kier molecular flexibility index (Phi) is 4.51. The van der Waals surface area contributed by atoms with E-state index in [0.29, 0.717) is 0 Å². The van der Waals surface area contributed by atoms with Crippen LogP contribution >= 0.6 is 0 Å². The predicted molar refractivity (Wildman–Crippen MR) is 37.8 cm³/mol. The van der Waals surface area contributed by atoms with Gasteiger partial charge in [-0.1, -0.05) is 0 Å². The molecule has 1 amide bonds. The van der Waals surface area contributed by atoms with Gasteiger partial charge in [-0.3, -0.25) is 4.79 Å². The predicted octanol–water partition coefficient (Wildman–Crippen LogP) is 0.305. The van der Waals surface area contributed by atoms with Crippen molar-refractivity contribution in [1.82, 2.24) is 0 Å². The number of rotatable bonds is 4. The zero-order valence-corrected chi connectivity index (χ0v) is 6.08. The van der Waals surface area contributed by atoms with Crippen molar-refractivity contribution in [2.75, 3.05) is 0 Å². The number of nitrogens with zero attached hydrogens (tertiary/aromatic N) is 2. The summed E-state index contributed by atoms with van der Waals surface area (Å²) >= 11 is 0. The fourth-order valence-corrected chi connectivity index (χ4v) is 0.759. The maximum atomic E-state index is 10.4. The number of amides is 1. The topological polar surface area (TPSA) is 90.7 Å². The van der Waals surface area contributed by atoms with E-state index in [4.69, 9.17) is 16.3 Å². The number of carbonyl (C=O) groups is 1. The Hall–Kier alpha value is -1.55. The molecular formula is C7H9N3O. The molecule has 0 unspecified atom stereocenters. The summed E-state index contributed by atoms with van der Waals surface area (Å²) in [6.45, 7) is 0. The van der Waals surface area contributed by atoms with Gasteiger partial charge in [-0.2, -0.15) is 10.5 Å². The molecule has 0 aliphatic carbocycles. The van der Waals surface area contributed by atoms with E-state index in [1.165, 1.54) is 0 Å². The molecule has 0 aliphatic heterocycles. The third-order valence-electron chi connectivity index (χ3n) is 1.25. The first-order valence-corrected chi connectivity index (χ1v) is 3.23. The third-order valence-corrected chi connectivity index (χ3v) is 1.25. The molecule has 0 aliphatic rings. The lowest BCUT2D eigenvalue weighted by molar-refractivity contribution is -0.118. The van der Waals surface area contributed by atoms with E-state index in [0.717, 1.165) is 0 Å². The van der Waals surface area contributed by atoms with Gasteiger partial charge in [-0.05, 0) is 5.92 Å². The highest BCUT2D eigenvalue weighted by molar-refractivity contribution is 5.74. The lowest BCUT2D eigenvalue weighted by Crippen LogP contribution is -2.15. The van der Waals surface area contributed by atoms with Gasteiger partial charge in [0, 0.05) is 19.3 Å². The van der Waals surface area contributed by atoms with Crippen LogP contribution in [0.3, 0.4) is 0 Å². The number of carbonyl (C=O) groups excluding carboxylic acids is 1. The Morgan fingerprint density at radius 2 is 1.82 bits per heavy atom. The molecule has 0 spiro atoms. The molecule has 4 nitrogen and oxygen atoms in total. The quantitative estimate of drug-likeness (QED) is 0.626. The average Bonchev–Trinajstić information content (AvgIpc) is 1.87. The summed E-state index contributed by atoms with van der Waals surface area (Å²) in [5.41, 5.74) is 4.90. The molecule has 2 N–H and O–H groups in total. The molecule has 0 saturated carbocycles. The van der Waals surface area contributed by atoms with Crippen LogP contribution in [-0.2, 0) is 4.79 Å². The lowest BCUT2D eigenvalue weighted by Gasteiger charge is -2.04. The second kappa shape index (κ2) is 5.25. The normalized spacial score (nSPS) is 8.64. The number of nitriles is 2. The second-order valence-electron chi connectivity index (χ2n) is 2.26. The summed E-state index contributed by atoms with van der Waals surface area (Å²) in [4.78, 5) is 10.4. The molecule has 0 rings (SSSR count). The van der Waals surface area contributed by atoms with Crippen LogP contribution in [-0.4, -0.2) is 5.91 Å². The van der Waals surface area contributed by atoms with Gasteiger partial charge in [0.2, 0.25) is 5.91 Å². The molecule has 4 heteroatoms. The van der Waals surface area contributed by atoms with Gasteiger partial charge in [0.1, 0.15) is 0 Å². The molecule has 0 saturated heterocycles. The maximum absolute atomic E-state index is 10.4. The van der Waals surface area contributed by atoms with Crippen LogP contribution in [0.15, 0.2) is 0 Å². The monoisotopic (exact) mass is 151 g/mol. The molecule has 0 bridgehead atoms. The number of primary amides is 1. The molecule has 58 valence electrons. The van der Waals surface area contributed by atoms with Crippen molar-refractivity contribution in [1.29, 1.82) is 10.5 Å². The van der Waals surface area contributed by atoms with Gasteiger partial charge in [0.05, 0.1) is 12.1 Å². The minimum absolute atomic E-state index is 0.126. The van der Waals surface area contributed by atoms with Gasteiger partial charge in [-0.25, -0.2) is 0 Å². The SMILES string of the molecule is N#CCC(CC#N)CC(N)=O. The first kappa shape index (κ1) is 9.45. The van der Waals surface area contributed by atoms with Crippen LogP contribution in [0.4, 0.5) is 0 Å². The summed E-state index contributed by atoms with van der Waals surface area (Å²) in [6.07, 6.45) is 0.564. The van der Waals surface area contributed by atoms with E-state index in [9.17, 15) is 4.79 Å². The number of nitrogens with two attached hydrogens (primary N) is 1. The van der Waals surface area contributed by atoms with E-state index in [1.807, 2.05) is 12.1 Å². The van der Waals surface area contributed by atoms with Crippen molar-refractivity contribution >= 4 is 5.91 Å². The Balaban J connectivity index is 3.82. The standard InChI is InChI=1S/C7H9N3O/c8-3-1-6(2-4-9)5-7(10)11/h6H,1-2,5H2,(H2,10,11). The lowest BCUT2D eigenvalue weighted by atomic mass is 9.99. The van der Waals surface area contributed by atoms with Crippen molar-refractivity contribution in [2.24, 2.45) is 11.7 Å². The van der Waals surface area contributed by atoms with Gasteiger partial charge in [0.15, 0.2) is 0 Å². The molecule has 0 aromatic heterocycles. The summed E-state index contributed by atoms with van der Waals surface area (Å²) in [5.74, 6) is -0.650. The summed E-state index contributed by atoms with van der Waals surface area (Å²) < 4.78 is 0. The van der Waals surface area contributed by atoms with Crippen molar-refractivity contribution in [3.05, 3.63) is 0 Å². The highest BCUT2D eigenvalue weighted by Gasteiger charge is 2.10. The van der Waals surface area contributed by atoms with E-state index < -0.39 is 5.91 Å². The van der Waals surface area contributed by atoms with Crippen LogP contribution in [0.1, 0.15) is 19.3 Å². The Morgan fingerprint density at radius 1 is 1.36 bits per heavy atom. The first-order chi connectivity index (χ1) is 5.20. The molecule has 0 aromatic carbocycles. The van der Waals surface area contributed by atoms with E-state index in [1.54, 1.807) is 0 Å². The Bertz CT molecular complexity index is 195. The fourth-order valence-electron chi connectivity index (χ4n) is 0.759. The fraction of sp³-hybridized carbons (Fsp3) is 0.571. The average molecular weight is 151 g/mol. The Labute approximate surface area is 65.2 Å². The van der Waals surface area contributed by atoms with E-state index in [2.05, 4.69) is 0 Å². The van der Waals surface area contributed by atoms with Crippen LogP contribution in [0.5, 0.6) is 0 Å². The molecule has 0 aromatic rings. The highest BCUT2D eigenvalue weighted by atomic mass is 16.1. The number of hydrogen-bond donors (Lipinski definition) is 1. The zero-order chi connectivity index (χ0) is 8.69. The van der Waals surface area contributed by atoms with Gasteiger partial charge in [-0.15, -0.1) is 0 Å². The molecule has 0 radical (unpaired) electrons. The molecule has 0 atom stereocenters. The van der Waals surface area contributed by atoms with E-state index in [-0.39, 0.29) is 25.2 Å². The van der Waals surface area contributed by atoms with Gasteiger partial charge < -0.3 is 5.73 Å². The van der Waals surface area contributed by atoms with Crippen molar-refractivity contribution in [3.63, 3.8) is 0 Å². The largest absolute Gasteiger partial charge is 0.370 e. The molecular weight excluding hydrogens is 142 g/mol. The molecule has 0 fully saturated rings.